The number of hydrogen-bond donors (Lipinski definition) is 0. The molecule has 0 saturated heterocycles. The molecule has 0 atom stereocenters. The zero-order chi connectivity index (χ0) is 22.2. The van der Waals surface area contributed by atoms with Crippen LogP contribution in [0.25, 0.3) is 0 Å². The lowest BCUT2D eigenvalue weighted by Crippen LogP contribution is -2.60. The molecule has 0 aromatic rings. The Morgan fingerprint density at radius 2 is 1.11 bits per heavy atom. The predicted octanol–water partition coefficient (Wildman–Crippen LogP) is 4.14. The van der Waals surface area contributed by atoms with Crippen molar-refractivity contribution in [1.82, 2.24) is 0 Å². The predicted molar refractivity (Wildman–Crippen MR) is 121 cm³/mol. The number of carbonyl (C=O) groups excluding carboxylic acids is 2. The zero-order valence-electron chi connectivity index (χ0n) is 19.1. The Bertz CT molecular complexity index is 504. The molecule has 0 bridgehead atoms. The third-order valence-corrected chi connectivity index (χ3v) is 14.9. The largest absolute Gasteiger partial charge is 0.469 e. The highest BCUT2D eigenvalue weighted by Crippen LogP contribution is 2.29. The summed E-state index contributed by atoms with van der Waals surface area (Å²) in [5.41, 5.74) is 0. The molecule has 0 spiro atoms. The normalized spacial score (nSPS) is 13.6. The van der Waals surface area contributed by atoms with Crippen molar-refractivity contribution in [2.75, 3.05) is 13.7 Å². The second-order valence-electron chi connectivity index (χ2n) is 9.45. The van der Waals surface area contributed by atoms with E-state index in [0.29, 0.717) is 12.5 Å². The van der Waals surface area contributed by atoms with E-state index in [-0.39, 0.29) is 6.61 Å². The highest BCUT2D eigenvalue weighted by molar-refractivity contribution is 6.90. The summed E-state index contributed by atoms with van der Waals surface area (Å²) in [7, 11) is -7.42. The van der Waals surface area contributed by atoms with Gasteiger partial charge in [0.25, 0.3) is 0 Å². The summed E-state index contributed by atoms with van der Waals surface area (Å²) in [6, 6.07) is 0.597. The Kier molecular flexibility index (Phi) is 10.8. The summed E-state index contributed by atoms with van der Waals surface area (Å²) in [6.07, 6.45) is 2.67. The number of hydrogen-bond acceptors (Lipinski definition) is 7. The van der Waals surface area contributed by atoms with E-state index in [1.165, 1.54) is 7.11 Å². The van der Waals surface area contributed by atoms with Gasteiger partial charge in [-0.25, -0.2) is 9.59 Å². The second kappa shape index (κ2) is 11.0. The molecular weight excluding hydrogens is 429 g/mol. The lowest BCUT2D eigenvalue weighted by atomic mass is 10.5. The SMILES string of the molecule is COC(=O)C=CC(=O)OCCC[Si](O[Si](C)(C)C)(O[Si](C)(C)C)O[Si](C)(C)C. The molecule has 164 valence electrons. The van der Waals surface area contributed by atoms with Crippen molar-refractivity contribution in [3.63, 3.8) is 0 Å². The van der Waals surface area contributed by atoms with Gasteiger partial charge < -0.3 is 21.8 Å². The van der Waals surface area contributed by atoms with Crippen molar-refractivity contribution in [2.24, 2.45) is 0 Å². The molecule has 7 nitrogen and oxygen atoms in total. The van der Waals surface area contributed by atoms with Crippen molar-refractivity contribution < 1.29 is 31.4 Å². The molecule has 0 unspecified atom stereocenters. The van der Waals surface area contributed by atoms with E-state index in [1.54, 1.807) is 0 Å². The van der Waals surface area contributed by atoms with Gasteiger partial charge in [-0.2, -0.15) is 0 Å². The van der Waals surface area contributed by atoms with Crippen LogP contribution in [0.4, 0.5) is 0 Å². The van der Waals surface area contributed by atoms with Gasteiger partial charge in [-0.15, -0.1) is 0 Å². The van der Waals surface area contributed by atoms with Crippen molar-refractivity contribution in [3.05, 3.63) is 12.2 Å². The number of esters is 2. The van der Waals surface area contributed by atoms with Crippen LogP contribution >= 0.6 is 0 Å². The van der Waals surface area contributed by atoms with Gasteiger partial charge in [0.2, 0.25) is 0 Å². The molecular formula is C17H38O7Si4. The van der Waals surface area contributed by atoms with Crippen LogP contribution in [0.2, 0.25) is 65.0 Å². The average molecular weight is 467 g/mol. The molecule has 0 fully saturated rings. The maximum atomic E-state index is 11.7. The van der Waals surface area contributed by atoms with Crippen LogP contribution in [0.15, 0.2) is 12.2 Å². The highest BCUT2D eigenvalue weighted by Gasteiger charge is 2.49. The van der Waals surface area contributed by atoms with E-state index in [0.717, 1.165) is 12.2 Å². The number of ether oxygens (including phenoxy) is 2. The van der Waals surface area contributed by atoms with Gasteiger partial charge in [0.15, 0.2) is 25.0 Å². The molecule has 0 heterocycles. The van der Waals surface area contributed by atoms with Crippen LogP contribution in [0, 0.1) is 0 Å². The molecule has 0 rings (SSSR count). The highest BCUT2D eigenvalue weighted by atomic mass is 28.5. The van der Waals surface area contributed by atoms with E-state index in [2.05, 4.69) is 63.7 Å². The quantitative estimate of drug-likeness (QED) is 0.185. The van der Waals surface area contributed by atoms with Crippen LogP contribution in [-0.4, -0.2) is 59.4 Å². The summed E-state index contributed by atoms with van der Waals surface area (Å²) >= 11 is 0. The summed E-state index contributed by atoms with van der Waals surface area (Å²) in [5, 5.41) is 0. The van der Waals surface area contributed by atoms with Crippen LogP contribution in [0.1, 0.15) is 6.42 Å². The molecule has 0 N–H and O–H groups in total. The third-order valence-electron chi connectivity index (χ3n) is 2.81. The fourth-order valence-corrected chi connectivity index (χ4v) is 17.0. The van der Waals surface area contributed by atoms with Crippen molar-refractivity contribution in [2.45, 2.75) is 71.4 Å². The lowest BCUT2D eigenvalue weighted by Gasteiger charge is -2.42. The molecule has 0 aromatic heterocycles. The molecule has 0 aliphatic carbocycles. The maximum absolute atomic E-state index is 11.7. The number of carbonyl (C=O) groups is 2. The van der Waals surface area contributed by atoms with Crippen LogP contribution in [0.5, 0.6) is 0 Å². The van der Waals surface area contributed by atoms with Gasteiger partial charge in [-0.05, 0) is 65.3 Å². The van der Waals surface area contributed by atoms with Crippen molar-refractivity contribution in [3.8, 4) is 0 Å². The smallest absolute Gasteiger partial charge is 0.466 e. The van der Waals surface area contributed by atoms with E-state index in [4.69, 9.17) is 17.1 Å². The van der Waals surface area contributed by atoms with Gasteiger partial charge >= 0.3 is 20.7 Å². The van der Waals surface area contributed by atoms with Crippen LogP contribution in [0.3, 0.4) is 0 Å². The minimum Gasteiger partial charge on any atom is -0.466 e. The molecule has 28 heavy (non-hydrogen) atoms. The Balaban J connectivity index is 5.16. The summed E-state index contributed by atoms with van der Waals surface area (Å²) < 4.78 is 29.3. The Morgan fingerprint density at radius 3 is 1.46 bits per heavy atom. The first-order valence-corrected chi connectivity index (χ1v) is 21.7. The first-order chi connectivity index (χ1) is 12.5. The minimum atomic E-state index is -2.91. The van der Waals surface area contributed by atoms with Gasteiger partial charge in [-0.1, -0.05) is 0 Å². The van der Waals surface area contributed by atoms with Crippen LogP contribution in [-0.2, 0) is 31.4 Å². The molecule has 0 saturated carbocycles. The molecule has 0 radical (unpaired) electrons. The first-order valence-electron chi connectivity index (χ1n) is 9.50. The average Bonchev–Trinajstić information content (AvgIpc) is 2.43. The molecule has 0 amide bonds. The van der Waals surface area contributed by atoms with Crippen LogP contribution < -0.4 is 0 Å². The molecule has 0 aliphatic rings. The number of rotatable bonds is 12. The summed E-state index contributed by atoms with van der Waals surface area (Å²) in [6.45, 7) is 19.4. The topological polar surface area (TPSA) is 80.3 Å². The fraction of sp³-hybridized carbons (Fsp3) is 0.765. The lowest BCUT2D eigenvalue weighted by molar-refractivity contribution is -0.139. The van der Waals surface area contributed by atoms with E-state index in [9.17, 15) is 9.59 Å². The zero-order valence-corrected chi connectivity index (χ0v) is 23.1. The van der Waals surface area contributed by atoms with Crippen molar-refractivity contribution >= 4 is 45.7 Å². The monoisotopic (exact) mass is 466 g/mol. The second-order valence-corrected chi connectivity index (χ2v) is 26.4. The Labute approximate surface area is 174 Å². The van der Waals surface area contributed by atoms with Gasteiger partial charge in [-0.3, -0.25) is 0 Å². The third kappa shape index (κ3) is 14.4. The minimum absolute atomic E-state index is 0.207. The maximum Gasteiger partial charge on any atom is 0.469 e. The fourth-order valence-electron chi connectivity index (χ4n) is 2.33. The Hall–Kier alpha value is -0.572. The molecule has 11 heteroatoms. The first kappa shape index (κ1) is 27.4. The van der Waals surface area contributed by atoms with Gasteiger partial charge in [0, 0.05) is 18.2 Å². The van der Waals surface area contributed by atoms with Gasteiger partial charge in [0.05, 0.1) is 13.7 Å². The molecule has 0 aromatic carbocycles. The number of methoxy groups -OCH3 is 1. The molecule has 0 aliphatic heterocycles. The van der Waals surface area contributed by atoms with Gasteiger partial charge in [0.1, 0.15) is 0 Å². The Morgan fingerprint density at radius 1 is 0.714 bits per heavy atom. The van der Waals surface area contributed by atoms with E-state index < -0.39 is 45.7 Å². The summed E-state index contributed by atoms with van der Waals surface area (Å²) in [5.74, 6) is -1.18. The van der Waals surface area contributed by atoms with E-state index in [1.807, 2.05) is 0 Å². The summed E-state index contributed by atoms with van der Waals surface area (Å²) in [4.78, 5) is 22.7. The van der Waals surface area contributed by atoms with Crippen molar-refractivity contribution in [1.29, 1.82) is 0 Å². The standard InChI is InChI=1S/C17H38O7Si4/c1-20-16(18)12-13-17(19)21-14-11-15-28(22-25(2,3)4,23-26(5,6)7)24-27(8,9)10/h12-13H,11,14-15H2,1-10H3. The van der Waals surface area contributed by atoms with E-state index >= 15 is 0 Å².